The molecule has 1 aromatic rings. The van der Waals surface area contributed by atoms with Gasteiger partial charge in [0, 0.05) is 22.1 Å². The van der Waals surface area contributed by atoms with E-state index >= 15 is 0 Å². The van der Waals surface area contributed by atoms with Crippen molar-refractivity contribution in [2.45, 2.75) is 107 Å². The molecule has 3 heterocycles. The molecule has 0 aromatic carbocycles. The molecule has 9 heteroatoms. The highest BCUT2D eigenvalue weighted by Crippen LogP contribution is 2.49. The molecule has 0 bridgehead atoms. The monoisotopic (exact) mass is 471 g/mol. The molecule has 0 spiro atoms. The fourth-order valence-electron chi connectivity index (χ4n) is 5.71. The molecule has 3 aliphatic rings. The summed E-state index contributed by atoms with van der Waals surface area (Å²) < 4.78 is 18.1. The number of likely N-dealkylation sites (N-methyl/N-ethyl adjacent to an activating group) is 1. The summed E-state index contributed by atoms with van der Waals surface area (Å²) in [5.74, 6) is -2.52. The van der Waals surface area contributed by atoms with Crippen LogP contribution in [0.3, 0.4) is 0 Å². The second kappa shape index (κ2) is 9.20. The van der Waals surface area contributed by atoms with E-state index in [1.807, 2.05) is 13.8 Å². The quantitative estimate of drug-likeness (QED) is 0.418. The standard InChI is InChI=1S/C23H37NO7S/c1-5-15-17(25)16(24-4)19-20(18(15)26)30-21-23(28,31-19)22(27,11-12(2)29-21)10-6-7-14-9-8-13(3)32-14/h8-9,12,15-21,24-28H,5-7,10-11H2,1-4H3/t12-,15-,16+,17+,18+,19-,20-,21+,22+,23-/m1/s1. The second-order valence-electron chi connectivity index (χ2n) is 9.63. The Hall–Kier alpha value is -0.620. The van der Waals surface area contributed by atoms with Gasteiger partial charge in [-0.1, -0.05) is 6.92 Å². The Kier molecular flexibility index (Phi) is 7.05. The van der Waals surface area contributed by atoms with Gasteiger partial charge in [-0.05, 0) is 58.7 Å². The smallest absolute Gasteiger partial charge is 0.248 e. The number of thiophene rings is 1. The average molecular weight is 472 g/mol. The van der Waals surface area contributed by atoms with Gasteiger partial charge in [-0.25, -0.2) is 0 Å². The van der Waals surface area contributed by atoms with Gasteiger partial charge in [-0.15, -0.1) is 11.3 Å². The van der Waals surface area contributed by atoms with Crippen molar-refractivity contribution in [1.82, 2.24) is 5.32 Å². The summed E-state index contributed by atoms with van der Waals surface area (Å²) in [6.45, 7) is 5.79. The largest absolute Gasteiger partial charge is 0.391 e. The Bertz CT molecular complexity index is 792. The first-order valence-electron chi connectivity index (χ1n) is 11.7. The van der Waals surface area contributed by atoms with E-state index in [9.17, 15) is 20.4 Å². The van der Waals surface area contributed by atoms with Crippen molar-refractivity contribution in [2.75, 3.05) is 7.05 Å². The van der Waals surface area contributed by atoms with Crippen molar-refractivity contribution in [3.63, 3.8) is 0 Å². The molecular weight excluding hydrogens is 434 g/mol. The number of aryl methyl sites for hydroxylation is 2. The lowest BCUT2D eigenvalue weighted by atomic mass is 9.73. The predicted molar refractivity (Wildman–Crippen MR) is 119 cm³/mol. The van der Waals surface area contributed by atoms with Gasteiger partial charge in [0.25, 0.3) is 0 Å². The van der Waals surface area contributed by atoms with Crippen LogP contribution in [0.2, 0.25) is 0 Å². The fraction of sp³-hybridized carbons (Fsp3) is 0.826. The van der Waals surface area contributed by atoms with Gasteiger partial charge in [-0.2, -0.15) is 0 Å². The molecule has 2 saturated heterocycles. The van der Waals surface area contributed by atoms with Gasteiger partial charge in [0.05, 0.1) is 24.4 Å². The van der Waals surface area contributed by atoms with Crippen molar-refractivity contribution in [2.24, 2.45) is 5.92 Å². The van der Waals surface area contributed by atoms with E-state index in [0.717, 1.165) is 6.42 Å². The summed E-state index contributed by atoms with van der Waals surface area (Å²) in [5.41, 5.74) is -1.59. The van der Waals surface area contributed by atoms with Crippen LogP contribution in [-0.2, 0) is 20.6 Å². The Balaban J connectivity index is 1.57. The SMILES string of the molecule is CC[C@@H]1[C@H](O)[C@H](NC)[C@H]2O[C@]3(O)[C@H](O[C@@H]2[C@H]1O)O[C@H](C)C[C@@]3(O)CCCc1ccc(C)s1. The van der Waals surface area contributed by atoms with Crippen LogP contribution in [0, 0.1) is 12.8 Å². The Labute approximate surface area is 193 Å². The van der Waals surface area contributed by atoms with Crippen LogP contribution in [0.15, 0.2) is 12.1 Å². The Morgan fingerprint density at radius 1 is 1.16 bits per heavy atom. The molecule has 10 atom stereocenters. The van der Waals surface area contributed by atoms with Crippen molar-refractivity contribution < 1.29 is 34.6 Å². The zero-order chi connectivity index (χ0) is 23.3. The highest BCUT2D eigenvalue weighted by atomic mass is 32.1. The minimum atomic E-state index is -2.11. The van der Waals surface area contributed by atoms with Gasteiger partial charge in [0.2, 0.25) is 12.1 Å². The molecule has 1 saturated carbocycles. The summed E-state index contributed by atoms with van der Waals surface area (Å²) in [6, 6.07) is 3.59. The third kappa shape index (κ3) is 4.06. The van der Waals surface area contributed by atoms with E-state index in [2.05, 4.69) is 24.4 Å². The zero-order valence-corrected chi connectivity index (χ0v) is 20.0. The highest BCUT2D eigenvalue weighted by Gasteiger charge is 2.68. The maximum Gasteiger partial charge on any atom is 0.248 e. The number of rotatable bonds is 6. The first kappa shape index (κ1) is 24.5. The van der Waals surface area contributed by atoms with Crippen molar-refractivity contribution in [3.05, 3.63) is 21.9 Å². The lowest BCUT2D eigenvalue weighted by molar-refractivity contribution is -0.485. The predicted octanol–water partition coefficient (Wildman–Crippen LogP) is 1.07. The summed E-state index contributed by atoms with van der Waals surface area (Å²) in [5, 5.41) is 48.1. The van der Waals surface area contributed by atoms with Gasteiger partial charge in [0.15, 0.2) is 0 Å². The Morgan fingerprint density at radius 2 is 1.91 bits per heavy atom. The molecule has 1 aliphatic carbocycles. The minimum Gasteiger partial charge on any atom is -0.391 e. The third-order valence-corrected chi connectivity index (χ3v) is 8.50. The molecule has 32 heavy (non-hydrogen) atoms. The molecule has 8 nitrogen and oxygen atoms in total. The Morgan fingerprint density at radius 3 is 2.53 bits per heavy atom. The van der Waals surface area contributed by atoms with Gasteiger partial charge < -0.3 is 40.0 Å². The molecule has 0 unspecified atom stereocenters. The number of aliphatic hydroxyl groups is 4. The first-order valence-corrected chi connectivity index (χ1v) is 12.5. The van der Waals surface area contributed by atoms with Crippen LogP contribution in [0.4, 0.5) is 0 Å². The van der Waals surface area contributed by atoms with E-state index in [0.29, 0.717) is 19.3 Å². The summed E-state index contributed by atoms with van der Waals surface area (Å²) in [4.78, 5) is 2.47. The average Bonchev–Trinajstić information content (AvgIpc) is 3.14. The molecule has 0 amide bonds. The van der Waals surface area contributed by atoms with Gasteiger partial charge in [0.1, 0.15) is 17.8 Å². The minimum absolute atomic E-state index is 0.192. The lowest BCUT2D eigenvalue weighted by Gasteiger charge is -2.60. The first-order chi connectivity index (χ1) is 15.1. The zero-order valence-electron chi connectivity index (χ0n) is 19.2. The number of ether oxygens (including phenoxy) is 3. The molecule has 182 valence electrons. The number of nitrogens with one attached hydrogen (secondary N) is 1. The van der Waals surface area contributed by atoms with E-state index in [1.54, 1.807) is 18.4 Å². The number of fused-ring (bicyclic) bond motifs is 2. The van der Waals surface area contributed by atoms with Crippen molar-refractivity contribution >= 4 is 11.3 Å². The molecule has 4 rings (SSSR count). The van der Waals surface area contributed by atoms with E-state index in [-0.39, 0.29) is 12.5 Å². The van der Waals surface area contributed by atoms with Crippen LogP contribution in [0.5, 0.6) is 0 Å². The second-order valence-corrected chi connectivity index (χ2v) is 11.0. The lowest BCUT2D eigenvalue weighted by Crippen LogP contribution is -2.78. The van der Waals surface area contributed by atoms with Gasteiger partial charge >= 0.3 is 0 Å². The molecule has 3 fully saturated rings. The highest BCUT2D eigenvalue weighted by molar-refractivity contribution is 7.11. The molecule has 2 aliphatic heterocycles. The summed E-state index contributed by atoms with van der Waals surface area (Å²) in [7, 11) is 1.70. The summed E-state index contributed by atoms with van der Waals surface area (Å²) >= 11 is 1.73. The number of hydrogen-bond donors (Lipinski definition) is 5. The number of aliphatic hydroxyl groups excluding tert-OH is 2. The van der Waals surface area contributed by atoms with Crippen LogP contribution < -0.4 is 5.32 Å². The number of hydrogen-bond acceptors (Lipinski definition) is 9. The van der Waals surface area contributed by atoms with Crippen molar-refractivity contribution in [1.29, 1.82) is 0 Å². The third-order valence-electron chi connectivity index (χ3n) is 7.44. The molecule has 5 N–H and O–H groups in total. The van der Waals surface area contributed by atoms with Crippen molar-refractivity contribution in [3.8, 4) is 0 Å². The molecule has 1 aromatic heterocycles. The maximum atomic E-state index is 11.7. The normalized spacial score (nSPS) is 46.5. The molecular formula is C23H37NO7S. The van der Waals surface area contributed by atoms with Crippen LogP contribution in [0.1, 0.15) is 49.3 Å². The van der Waals surface area contributed by atoms with Crippen LogP contribution >= 0.6 is 11.3 Å². The molecule has 0 radical (unpaired) electrons. The maximum absolute atomic E-state index is 11.7. The van der Waals surface area contributed by atoms with E-state index in [4.69, 9.17) is 14.2 Å². The van der Waals surface area contributed by atoms with Crippen LogP contribution in [0.25, 0.3) is 0 Å². The van der Waals surface area contributed by atoms with Gasteiger partial charge in [-0.3, -0.25) is 0 Å². The van der Waals surface area contributed by atoms with E-state index < -0.39 is 54.1 Å². The van der Waals surface area contributed by atoms with Crippen LogP contribution in [-0.4, -0.2) is 81.7 Å². The topological polar surface area (TPSA) is 121 Å². The van der Waals surface area contributed by atoms with E-state index in [1.165, 1.54) is 9.75 Å². The fourth-order valence-corrected chi connectivity index (χ4v) is 6.64. The summed E-state index contributed by atoms with van der Waals surface area (Å²) in [6.07, 6.45) is -2.60.